The molecule has 2 atom stereocenters. The summed E-state index contributed by atoms with van der Waals surface area (Å²) in [5, 5.41) is 2.90. The van der Waals surface area contributed by atoms with E-state index in [0.717, 1.165) is 30.7 Å². The molecule has 0 saturated carbocycles. The van der Waals surface area contributed by atoms with Crippen LogP contribution in [-0.2, 0) is 4.79 Å². The summed E-state index contributed by atoms with van der Waals surface area (Å²) in [7, 11) is 1.62. The summed E-state index contributed by atoms with van der Waals surface area (Å²) in [6.45, 7) is 2.15. The number of rotatable bonds is 5. The average molecular weight is 263 g/mol. The Bertz CT molecular complexity index is 419. The van der Waals surface area contributed by atoms with E-state index in [9.17, 15) is 4.79 Å². The van der Waals surface area contributed by atoms with E-state index in [1.165, 1.54) is 0 Å². The molecule has 1 amide bonds. The van der Waals surface area contributed by atoms with E-state index in [2.05, 4.69) is 23.1 Å². The molecule has 19 heavy (non-hydrogen) atoms. The molecule has 2 rings (SSSR count). The molecule has 1 aliphatic rings. The van der Waals surface area contributed by atoms with Crippen LogP contribution >= 0.6 is 0 Å². The zero-order chi connectivity index (χ0) is 13.7. The average Bonchev–Trinajstić information content (AvgIpc) is 2.89. The fraction of sp³-hybridized carbons (Fsp3) is 0.500. The van der Waals surface area contributed by atoms with Crippen molar-refractivity contribution in [3.8, 4) is 5.75 Å². The molecule has 0 bridgehead atoms. The Hall–Kier alpha value is -1.59. The Morgan fingerprint density at radius 1 is 1.37 bits per heavy atom. The van der Waals surface area contributed by atoms with Crippen molar-refractivity contribution in [3.63, 3.8) is 0 Å². The van der Waals surface area contributed by atoms with Gasteiger partial charge in [-0.3, -0.25) is 10.2 Å². The zero-order valence-corrected chi connectivity index (χ0v) is 11.4. The molecular formula is C14H21N3O2. The number of hydrogen-bond acceptors (Lipinski definition) is 4. The molecule has 5 heteroatoms. The van der Waals surface area contributed by atoms with Gasteiger partial charge in [-0.05, 0) is 37.1 Å². The summed E-state index contributed by atoms with van der Waals surface area (Å²) in [5.41, 5.74) is 6.99. The first kappa shape index (κ1) is 13.8. The summed E-state index contributed by atoms with van der Waals surface area (Å²) in [6.07, 6.45) is 3.03. The van der Waals surface area contributed by atoms with Crippen LogP contribution in [0.4, 0.5) is 5.69 Å². The van der Waals surface area contributed by atoms with Crippen molar-refractivity contribution in [1.82, 2.24) is 10.9 Å². The second-order valence-corrected chi connectivity index (χ2v) is 4.78. The van der Waals surface area contributed by atoms with E-state index in [1.54, 1.807) is 7.11 Å². The number of amides is 1. The molecule has 0 spiro atoms. The van der Waals surface area contributed by atoms with Crippen LogP contribution in [0, 0.1) is 0 Å². The normalized spacial score (nSPS) is 22.2. The summed E-state index contributed by atoms with van der Waals surface area (Å²) in [6, 6.07) is 7.55. The first-order valence-corrected chi connectivity index (χ1v) is 6.69. The van der Waals surface area contributed by atoms with E-state index in [0.29, 0.717) is 6.04 Å². The minimum atomic E-state index is -0.168. The highest BCUT2D eigenvalue weighted by atomic mass is 16.5. The third-order valence-corrected chi connectivity index (χ3v) is 3.29. The van der Waals surface area contributed by atoms with Crippen LogP contribution in [0.1, 0.15) is 26.2 Å². The molecule has 1 aliphatic heterocycles. The van der Waals surface area contributed by atoms with Crippen molar-refractivity contribution in [2.24, 2.45) is 0 Å². The topological polar surface area (TPSA) is 62.4 Å². The lowest BCUT2D eigenvalue weighted by Crippen LogP contribution is -2.40. The van der Waals surface area contributed by atoms with Crippen molar-refractivity contribution < 1.29 is 9.53 Å². The van der Waals surface area contributed by atoms with Gasteiger partial charge in [0.2, 0.25) is 5.91 Å². The SMILES string of the molecule is CCCC1CC(C(=O)Nc2ccc(OC)cc2)NN1. The smallest absolute Gasteiger partial charge is 0.242 e. The third kappa shape index (κ3) is 3.68. The number of carbonyl (C=O) groups is 1. The monoisotopic (exact) mass is 263 g/mol. The van der Waals surface area contributed by atoms with Crippen molar-refractivity contribution in [2.75, 3.05) is 12.4 Å². The minimum Gasteiger partial charge on any atom is -0.497 e. The molecule has 0 aromatic heterocycles. The Kier molecular flexibility index (Phi) is 4.76. The van der Waals surface area contributed by atoms with Gasteiger partial charge in [0, 0.05) is 11.7 Å². The third-order valence-electron chi connectivity index (χ3n) is 3.29. The molecule has 0 aliphatic carbocycles. The highest BCUT2D eigenvalue weighted by molar-refractivity contribution is 5.95. The largest absolute Gasteiger partial charge is 0.497 e. The fourth-order valence-corrected chi connectivity index (χ4v) is 2.24. The number of hydrogen-bond donors (Lipinski definition) is 3. The van der Waals surface area contributed by atoms with Gasteiger partial charge in [-0.1, -0.05) is 13.3 Å². The number of methoxy groups -OCH3 is 1. The number of anilines is 1. The molecule has 5 nitrogen and oxygen atoms in total. The molecule has 3 N–H and O–H groups in total. The molecule has 1 saturated heterocycles. The van der Waals surface area contributed by atoms with Crippen LogP contribution in [0.25, 0.3) is 0 Å². The van der Waals surface area contributed by atoms with Gasteiger partial charge in [0.05, 0.1) is 7.11 Å². The van der Waals surface area contributed by atoms with Crippen molar-refractivity contribution in [2.45, 2.75) is 38.3 Å². The van der Waals surface area contributed by atoms with Crippen LogP contribution in [0.2, 0.25) is 0 Å². The Morgan fingerprint density at radius 2 is 2.11 bits per heavy atom. The zero-order valence-electron chi connectivity index (χ0n) is 11.4. The number of carbonyl (C=O) groups excluding carboxylic acids is 1. The number of ether oxygens (including phenoxy) is 1. The van der Waals surface area contributed by atoms with Crippen molar-refractivity contribution in [3.05, 3.63) is 24.3 Å². The second-order valence-electron chi connectivity index (χ2n) is 4.78. The molecule has 2 unspecified atom stereocenters. The van der Waals surface area contributed by atoms with Gasteiger partial charge < -0.3 is 10.1 Å². The lowest BCUT2D eigenvalue weighted by Gasteiger charge is -2.11. The lowest BCUT2D eigenvalue weighted by atomic mass is 10.1. The van der Waals surface area contributed by atoms with Crippen molar-refractivity contribution >= 4 is 11.6 Å². The van der Waals surface area contributed by atoms with Crippen LogP contribution in [-0.4, -0.2) is 25.1 Å². The van der Waals surface area contributed by atoms with Crippen LogP contribution in [0.5, 0.6) is 5.75 Å². The standard InChI is InChI=1S/C14H21N3O2/c1-3-4-11-9-13(17-16-11)14(18)15-10-5-7-12(19-2)8-6-10/h5-8,11,13,16-17H,3-4,9H2,1-2H3,(H,15,18). The summed E-state index contributed by atoms with van der Waals surface area (Å²) in [4.78, 5) is 12.1. The molecule has 1 heterocycles. The first-order chi connectivity index (χ1) is 9.22. The van der Waals surface area contributed by atoms with E-state index in [1.807, 2.05) is 24.3 Å². The fourth-order valence-electron chi connectivity index (χ4n) is 2.24. The Labute approximate surface area is 113 Å². The molecule has 1 fully saturated rings. The summed E-state index contributed by atoms with van der Waals surface area (Å²) >= 11 is 0. The van der Waals surface area contributed by atoms with Gasteiger partial charge in [0.25, 0.3) is 0 Å². The van der Waals surface area contributed by atoms with Gasteiger partial charge in [-0.15, -0.1) is 0 Å². The number of benzene rings is 1. The predicted molar refractivity (Wildman–Crippen MR) is 75.0 cm³/mol. The van der Waals surface area contributed by atoms with E-state index >= 15 is 0 Å². The molecular weight excluding hydrogens is 242 g/mol. The Morgan fingerprint density at radius 3 is 2.74 bits per heavy atom. The quantitative estimate of drug-likeness (QED) is 0.756. The summed E-state index contributed by atoms with van der Waals surface area (Å²) < 4.78 is 5.08. The molecule has 1 aromatic rings. The number of hydrazine groups is 1. The van der Waals surface area contributed by atoms with E-state index < -0.39 is 0 Å². The highest BCUT2D eigenvalue weighted by Gasteiger charge is 2.28. The first-order valence-electron chi connectivity index (χ1n) is 6.69. The maximum Gasteiger partial charge on any atom is 0.242 e. The van der Waals surface area contributed by atoms with Crippen LogP contribution < -0.4 is 20.9 Å². The second kappa shape index (κ2) is 6.54. The van der Waals surface area contributed by atoms with E-state index in [-0.39, 0.29) is 11.9 Å². The minimum absolute atomic E-state index is 0.00345. The Balaban J connectivity index is 1.87. The van der Waals surface area contributed by atoms with Gasteiger partial charge in [0.1, 0.15) is 11.8 Å². The van der Waals surface area contributed by atoms with Crippen molar-refractivity contribution in [1.29, 1.82) is 0 Å². The van der Waals surface area contributed by atoms with Crippen LogP contribution in [0.3, 0.4) is 0 Å². The number of nitrogens with one attached hydrogen (secondary N) is 3. The maximum atomic E-state index is 12.1. The molecule has 104 valence electrons. The highest BCUT2D eigenvalue weighted by Crippen LogP contribution is 2.16. The maximum absolute atomic E-state index is 12.1. The van der Waals surface area contributed by atoms with Gasteiger partial charge in [0.15, 0.2) is 0 Å². The molecule has 1 aromatic carbocycles. The molecule has 0 radical (unpaired) electrons. The summed E-state index contributed by atoms with van der Waals surface area (Å²) in [5.74, 6) is 0.776. The van der Waals surface area contributed by atoms with Gasteiger partial charge >= 0.3 is 0 Å². The van der Waals surface area contributed by atoms with E-state index in [4.69, 9.17) is 4.74 Å². The predicted octanol–water partition coefficient (Wildman–Crippen LogP) is 1.67. The van der Waals surface area contributed by atoms with Gasteiger partial charge in [-0.2, -0.15) is 0 Å². The van der Waals surface area contributed by atoms with Crippen LogP contribution in [0.15, 0.2) is 24.3 Å². The van der Waals surface area contributed by atoms with Gasteiger partial charge in [-0.25, -0.2) is 5.43 Å². The lowest BCUT2D eigenvalue weighted by molar-refractivity contribution is -0.117.